The molecule has 0 aromatic heterocycles. The van der Waals surface area contributed by atoms with E-state index >= 15 is 0 Å². The van der Waals surface area contributed by atoms with Crippen molar-refractivity contribution in [3.05, 3.63) is 0 Å². The van der Waals surface area contributed by atoms with Crippen LogP contribution in [-0.2, 0) is 4.79 Å². The van der Waals surface area contributed by atoms with Gasteiger partial charge in [-0.3, -0.25) is 9.69 Å². The Balaban J connectivity index is 2.09. The molecule has 1 amide bonds. The van der Waals surface area contributed by atoms with Gasteiger partial charge in [0.15, 0.2) is 0 Å². The lowest BCUT2D eigenvalue weighted by Gasteiger charge is -2.31. The van der Waals surface area contributed by atoms with Crippen molar-refractivity contribution in [2.24, 2.45) is 5.92 Å². The summed E-state index contributed by atoms with van der Waals surface area (Å²) in [5.41, 5.74) is 0. The highest BCUT2D eigenvalue weighted by Gasteiger charge is 2.20. The van der Waals surface area contributed by atoms with E-state index in [1.807, 2.05) is 13.8 Å². The zero-order chi connectivity index (χ0) is 14.1. The maximum Gasteiger partial charge on any atom is 0.234 e. The lowest BCUT2D eigenvalue weighted by molar-refractivity contribution is -0.123. The molecule has 0 aromatic carbocycles. The van der Waals surface area contributed by atoms with Crippen LogP contribution in [0.3, 0.4) is 0 Å². The number of amides is 1. The third-order valence-corrected chi connectivity index (χ3v) is 3.99. The van der Waals surface area contributed by atoms with Gasteiger partial charge in [0.1, 0.15) is 0 Å². The minimum absolute atomic E-state index is 0.177. The average Bonchev–Trinajstić information content (AvgIpc) is 2.35. The lowest BCUT2D eigenvalue weighted by Crippen LogP contribution is -2.43. The number of likely N-dealkylation sites (tertiary alicyclic amines) is 1. The maximum absolute atomic E-state index is 11.7. The molecule has 1 aliphatic rings. The molecule has 19 heavy (non-hydrogen) atoms. The SMILES string of the molecule is CCCCCCC1CCN(CC(=O)NC(C)C)CC1. The van der Waals surface area contributed by atoms with Gasteiger partial charge in [-0.15, -0.1) is 0 Å². The van der Waals surface area contributed by atoms with Crippen molar-refractivity contribution in [2.45, 2.75) is 71.8 Å². The first-order valence-electron chi connectivity index (χ1n) is 8.13. The van der Waals surface area contributed by atoms with Crippen molar-refractivity contribution in [1.82, 2.24) is 10.2 Å². The van der Waals surface area contributed by atoms with E-state index in [0.29, 0.717) is 6.54 Å². The topological polar surface area (TPSA) is 32.3 Å². The van der Waals surface area contributed by atoms with Crippen LogP contribution in [-0.4, -0.2) is 36.5 Å². The van der Waals surface area contributed by atoms with E-state index in [0.717, 1.165) is 19.0 Å². The normalized spacial score (nSPS) is 17.9. The molecule has 1 aliphatic heterocycles. The van der Waals surface area contributed by atoms with Gasteiger partial charge in [0.2, 0.25) is 5.91 Å². The van der Waals surface area contributed by atoms with Crippen LogP contribution in [0.4, 0.5) is 0 Å². The van der Waals surface area contributed by atoms with Crippen LogP contribution in [0.2, 0.25) is 0 Å². The second kappa shape index (κ2) is 9.35. The van der Waals surface area contributed by atoms with E-state index in [1.54, 1.807) is 0 Å². The summed E-state index contributed by atoms with van der Waals surface area (Å²) >= 11 is 0. The Labute approximate surface area is 119 Å². The van der Waals surface area contributed by atoms with Crippen molar-refractivity contribution in [2.75, 3.05) is 19.6 Å². The molecule has 0 aliphatic carbocycles. The summed E-state index contributed by atoms with van der Waals surface area (Å²) < 4.78 is 0. The quantitative estimate of drug-likeness (QED) is 0.686. The van der Waals surface area contributed by atoms with Gasteiger partial charge in [0.05, 0.1) is 6.54 Å². The third-order valence-electron chi connectivity index (χ3n) is 3.99. The molecule has 1 saturated heterocycles. The third kappa shape index (κ3) is 7.56. The van der Waals surface area contributed by atoms with Crippen LogP contribution in [0.15, 0.2) is 0 Å². The van der Waals surface area contributed by atoms with E-state index in [9.17, 15) is 4.79 Å². The van der Waals surface area contributed by atoms with Crippen LogP contribution in [0.5, 0.6) is 0 Å². The molecule has 3 heteroatoms. The standard InChI is InChI=1S/C16H32N2O/c1-4-5-6-7-8-15-9-11-18(12-10-15)13-16(19)17-14(2)3/h14-15H,4-13H2,1-3H3,(H,17,19). The molecule has 0 saturated carbocycles. The molecule has 3 nitrogen and oxygen atoms in total. The zero-order valence-electron chi connectivity index (χ0n) is 13.1. The Bertz CT molecular complexity index is 245. The first-order valence-corrected chi connectivity index (χ1v) is 8.13. The highest BCUT2D eigenvalue weighted by molar-refractivity contribution is 5.78. The smallest absolute Gasteiger partial charge is 0.234 e. The molecule has 1 N–H and O–H groups in total. The van der Waals surface area contributed by atoms with E-state index in [1.165, 1.54) is 44.9 Å². The zero-order valence-corrected chi connectivity index (χ0v) is 13.1. The molecule has 0 atom stereocenters. The number of nitrogens with one attached hydrogen (secondary N) is 1. The first-order chi connectivity index (χ1) is 9.11. The van der Waals surface area contributed by atoms with E-state index in [4.69, 9.17) is 0 Å². The Morgan fingerprint density at radius 1 is 1.21 bits per heavy atom. The molecule has 1 fully saturated rings. The summed E-state index contributed by atoms with van der Waals surface area (Å²) in [7, 11) is 0. The van der Waals surface area contributed by atoms with E-state index in [-0.39, 0.29) is 11.9 Å². The number of carbonyl (C=O) groups excluding carboxylic acids is 1. The fourth-order valence-corrected chi connectivity index (χ4v) is 2.86. The van der Waals surface area contributed by atoms with Gasteiger partial charge in [-0.25, -0.2) is 0 Å². The van der Waals surface area contributed by atoms with Crippen LogP contribution in [0, 0.1) is 5.92 Å². The number of unbranched alkanes of at least 4 members (excludes halogenated alkanes) is 3. The average molecular weight is 268 g/mol. The monoisotopic (exact) mass is 268 g/mol. The molecule has 1 heterocycles. The fraction of sp³-hybridized carbons (Fsp3) is 0.938. The largest absolute Gasteiger partial charge is 0.353 e. The predicted octanol–water partition coefficient (Wildman–Crippen LogP) is 3.19. The van der Waals surface area contributed by atoms with Crippen molar-refractivity contribution in [3.63, 3.8) is 0 Å². The minimum Gasteiger partial charge on any atom is -0.353 e. The molecule has 0 unspecified atom stereocenters. The minimum atomic E-state index is 0.177. The fourth-order valence-electron chi connectivity index (χ4n) is 2.86. The summed E-state index contributed by atoms with van der Waals surface area (Å²) in [5.74, 6) is 1.08. The van der Waals surface area contributed by atoms with Crippen LogP contribution in [0.25, 0.3) is 0 Å². The summed E-state index contributed by atoms with van der Waals surface area (Å²) in [5, 5.41) is 2.97. The highest BCUT2D eigenvalue weighted by atomic mass is 16.2. The van der Waals surface area contributed by atoms with Crippen LogP contribution >= 0.6 is 0 Å². The highest BCUT2D eigenvalue weighted by Crippen LogP contribution is 2.22. The van der Waals surface area contributed by atoms with Gasteiger partial charge < -0.3 is 5.32 Å². The Hall–Kier alpha value is -0.570. The number of carbonyl (C=O) groups is 1. The second-order valence-electron chi connectivity index (χ2n) is 6.29. The summed E-state index contributed by atoms with van der Waals surface area (Å²) in [6.45, 7) is 9.08. The summed E-state index contributed by atoms with van der Waals surface area (Å²) in [6.07, 6.45) is 9.45. The van der Waals surface area contributed by atoms with Gasteiger partial charge >= 0.3 is 0 Å². The van der Waals surface area contributed by atoms with Crippen molar-refractivity contribution < 1.29 is 4.79 Å². The van der Waals surface area contributed by atoms with Crippen molar-refractivity contribution in [3.8, 4) is 0 Å². The number of hydrogen-bond donors (Lipinski definition) is 1. The van der Waals surface area contributed by atoms with Crippen LogP contribution < -0.4 is 5.32 Å². The second-order valence-corrected chi connectivity index (χ2v) is 6.29. The Morgan fingerprint density at radius 2 is 1.89 bits per heavy atom. The maximum atomic E-state index is 11.7. The Kier molecular flexibility index (Phi) is 8.11. The predicted molar refractivity (Wildman–Crippen MR) is 81.2 cm³/mol. The van der Waals surface area contributed by atoms with Crippen molar-refractivity contribution in [1.29, 1.82) is 0 Å². The van der Waals surface area contributed by atoms with Crippen molar-refractivity contribution >= 4 is 5.91 Å². The first kappa shape index (κ1) is 16.5. The Morgan fingerprint density at radius 3 is 2.47 bits per heavy atom. The van der Waals surface area contributed by atoms with Gasteiger partial charge in [-0.05, 0) is 45.7 Å². The molecule has 0 spiro atoms. The van der Waals surface area contributed by atoms with Gasteiger partial charge in [-0.1, -0.05) is 39.0 Å². The molecule has 112 valence electrons. The molecular formula is C16H32N2O. The van der Waals surface area contributed by atoms with E-state index in [2.05, 4.69) is 17.1 Å². The molecule has 0 radical (unpaired) electrons. The van der Waals surface area contributed by atoms with Crippen LogP contribution in [0.1, 0.15) is 65.7 Å². The van der Waals surface area contributed by atoms with Gasteiger partial charge in [-0.2, -0.15) is 0 Å². The molecular weight excluding hydrogens is 236 g/mol. The number of nitrogens with zero attached hydrogens (tertiary/aromatic N) is 1. The molecule has 1 rings (SSSR count). The summed E-state index contributed by atoms with van der Waals surface area (Å²) in [6, 6.07) is 0.253. The van der Waals surface area contributed by atoms with Gasteiger partial charge in [0.25, 0.3) is 0 Å². The number of piperidine rings is 1. The number of hydrogen-bond acceptors (Lipinski definition) is 2. The molecule has 0 aromatic rings. The lowest BCUT2D eigenvalue weighted by atomic mass is 9.91. The van der Waals surface area contributed by atoms with E-state index < -0.39 is 0 Å². The van der Waals surface area contributed by atoms with Gasteiger partial charge in [0, 0.05) is 6.04 Å². The number of rotatable bonds is 8. The molecule has 0 bridgehead atoms. The summed E-state index contributed by atoms with van der Waals surface area (Å²) in [4.78, 5) is 14.0.